The third-order valence-corrected chi connectivity index (χ3v) is 5.84. The van der Waals surface area contributed by atoms with Crippen LogP contribution in [-0.4, -0.2) is 40.5 Å². The molecule has 0 aliphatic carbocycles. The Labute approximate surface area is 196 Å². The van der Waals surface area contributed by atoms with E-state index in [-0.39, 0.29) is 0 Å². The van der Waals surface area contributed by atoms with E-state index in [1.54, 1.807) is 37.4 Å². The number of fused-ring (bicyclic) bond motifs is 1. The number of methoxy groups -OCH3 is 2. The fraction of sp³-hybridized carbons (Fsp3) is 0.261. The highest BCUT2D eigenvalue weighted by molar-refractivity contribution is 6.41. The summed E-state index contributed by atoms with van der Waals surface area (Å²) in [5.41, 5.74) is 4.72. The summed E-state index contributed by atoms with van der Waals surface area (Å²) in [6.07, 6.45) is 6.30. The van der Waals surface area contributed by atoms with Crippen molar-refractivity contribution in [3.63, 3.8) is 0 Å². The Morgan fingerprint density at radius 2 is 1.72 bits per heavy atom. The lowest BCUT2D eigenvalue weighted by atomic mass is 10.1. The summed E-state index contributed by atoms with van der Waals surface area (Å²) in [7, 11) is 5.00. The molecule has 2 aromatic heterocycles. The first kappa shape index (κ1) is 22.2. The van der Waals surface area contributed by atoms with Crippen molar-refractivity contribution in [2.24, 2.45) is 7.05 Å². The van der Waals surface area contributed by atoms with Crippen LogP contribution in [0, 0.1) is 0 Å². The molecule has 0 fully saturated rings. The Kier molecular flexibility index (Phi) is 6.39. The number of halogens is 2. The lowest BCUT2D eigenvalue weighted by Crippen LogP contribution is -2.19. The van der Waals surface area contributed by atoms with Crippen molar-refractivity contribution in [2.75, 3.05) is 25.7 Å². The van der Waals surface area contributed by atoms with Gasteiger partial charge in [-0.05, 0) is 24.6 Å². The van der Waals surface area contributed by atoms with Crippen molar-refractivity contribution in [1.82, 2.24) is 19.7 Å². The van der Waals surface area contributed by atoms with Crippen LogP contribution in [0.2, 0.25) is 10.0 Å². The van der Waals surface area contributed by atoms with Crippen molar-refractivity contribution in [2.45, 2.75) is 13.3 Å². The molecule has 0 spiro atoms. The van der Waals surface area contributed by atoms with Crippen LogP contribution in [0.15, 0.2) is 42.9 Å². The van der Waals surface area contributed by atoms with Gasteiger partial charge in [0.2, 0.25) is 0 Å². The second-order valence-electron chi connectivity index (χ2n) is 7.24. The van der Waals surface area contributed by atoms with Gasteiger partial charge in [-0.3, -0.25) is 9.67 Å². The van der Waals surface area contributed by atoms with Gasteiger partial charge in [-0.2, -0.15) is 5.10 Å². The molecule has 2 heterocycles. The number of anilines is 2. The van der Waals surface area contributed by atoms with Crippen molar-refractivity contribution in [1.29, 1.82) is 0 Å². The molecule has 4 rings (SSSR count). The van der Waals surface area contributed by atoms with E-state index in [4.69, 9.17) is 37.7 Å². The van der Waals surface area contributed by atoms with Crippen LogP contribution >= 0.6 is 23.2 Å². The van der Waals surface area contributed by atoms with Gasteiger partial charge < -0.3 is 14.4 Å². The zero-order chi connectivity index (χ0) is 22.8. The average Bonchev–Trinajstić information content (AvgIpc) is 3.24. The molecule has 4 aromatic rings. The molecule has 0 radical (unpaired) electrons. The van der Waals surface area contributed by atoms with Crippen LogP contribution in [-0.2, 0) is 7.05 Å². The van der Waals surface area contributed by atoms with Gasteiger partial charge >= 0.3 is 0 Å². The number of benzene rings is 2. The van der Waals surface area contributed by atoms with Gasteiger partial charge in [0.1, 0.15) is 21.5 Å². The minimum atomic E-state index is 0.419. The van der Waals surface area contributed by atoms with Crippen LogP contribution in [0.5, 0.6) is 11.5 Å². The maximum atomic E-state index is 6.71. The molecule has 0 saturated carbocycles. The molecule has 0 saturated heterocycles. The van der Waals surface area contributed by atoms with Gasteiger partial charge in [-0.1, -0.05) is 30.1 Å². The summed E-state index contributed by atoms with van der Waals surface area (Å²) >= 11 is 13.4. The zero-order valence-corrected chi connectivity index (χ0v) is 19.8. The van der Waals surface area contributed by atoms with E-state index in [0.717, 1.165) is 34.4 Å². The van der Waals surface area contributed by atoms with Crippen molar-refractivity contribution in [3.05, 3.63) is 52.9 Å². The monoisotopic (exact) mass is 471 g/mol. The highest BCUT2D eigenvalue weighted by Crippen LogP contribution is 2.48. The summed E-state index contributed by atoms with van der Waals surface area (Å²) in [5.74, 6) is 0.979. The number of aromatic nitrogens is 4. The third-order valence-electron chi connectivity index (χ3n) is 5.11. The Morgan fingerprint density at radius 3 is 2.31 bits per heavy atom. The molecule has 0 bridgehead atoms. The first-order valence-electron chi connectivity index (χ1n) is 10.1. The van der Waals surface area contributed by atoms with E-state index < -0.39 is 0 Å². The lowest BCUT2D eigenvalue weighted by molar-refractivity contribution is 0.395. The van der Waals surface area contributed by atoms with E-state index in [2.05, 4.69) is 17.0 Å². The van der Waals surface area contributed by atoms with Crippen LogP contribution in [0.25, 0.3) is 22.3 Å². The normalized spacial score (nSPS) is 11.1. The minimum absolute atomic E-state index is 0.419. The summed E-state index contributed by atoms with van der Waals surface area (Å²) in [6, 6.07) is 7.59. The maximum Gasteiger partial charge on any atom is 0.143 e. The van der Waals surface area contributed by atoms with Gasteiger partial charge in [-0.15, -0.1) is 0 Å². The van der Waals surface area contributed by atoms with Gasteiger partial charge in [-0.25, -0.2) is 4.98 Å². The molecule has 166 valence electrons. The van der Waals surface area contributed by atoms with Crippen molar-refractivity contribution in [3.8, 4) is 22.8 Å². The van der Waals surface area contributed by atoms with Gasteiger partial charge in [0.15, 0.2) is 0 Å². The lowest BCUT2D eigenvalue weighted by Gasteiger charge is -2.28. The highest BCUT2D eigenvalue weighted by atomic mass is 35.5. The number of rotatable bonds is 7. The molecule has 9 heteroatoms. The first-order chi connectivity index (χ1) is 15.5. The van der Waals surface area contributed by atoms with E-state index in [1.807, 2.05) is 36.3 Å². The van der Waals surface area contributed by atoms with Crippen LogP contribution in [0.4, 0.5) is 11.4 Å². The number of ether oxygens (including phenoxy) is 2. The molecule has 0 aliphatic heterocycles. The Bertz CT molecular complexity index is 1250. The predicted octanol–water partition coefficient (Wildman–Crippen LogP) is 5.90. The van der Waals surface area contributed by atoms with Gasteiger partial charge in [0.25, 0.3) is 0 Å². The second kappa shape index (κ2) is 9.22. The summed E-state index contributed by atoms with van der Waals surface area (Å²) in [4.78, 5) is 11.4. The molecule has 2 aromatic carbocycles. The average molecular weight is 472 g/mol. The Balaban J connectivity index is 1.86. The van der Waals surface area contributed by atoms with Crippen molar-refractivity contribution >= 4 is 45.6 Å². The summed E-state index contributed by atoms with van der Waals surface area (Å²) in [5, 5.41) is 5.06. The largest absolute Gasteiger partial charge is 0.495 e. The van der Waals surface area contributed by atoms with E-state index in [9.17, 15) is 0 Å². The van der Waals surface area contributed by atoms with Crippen LogP contribution in [0.3, 0.4) is 0 Å². The molecular formula is C23H23Cl2N5O2. The fourth-order valence-electron chi connectivity index (χ4n) is 3.56. The number of hydrogen-bond donors (Lipinski definition) is 0. The van der Waals surface area contributed by atoms with Gasteiger partial charge in [0.05, 0.1) is 49.0 Å². The Hall–Kier alpha value is -3.03. The van der Waals surface area contributed by atoms with Crippen LogP contribution in [0.1, 0.15) is 13.3 Å². The topological polar surface area (TPSA) is 65.3 Å². The molecule has 32 heavy (non-hydrogen) atoms. The smallest absolute Gasteiger partial charge is 0.143 e. The molecule has 0 N–H and O–H groups in total. The molecule has 0 amide bonds. The van der Waals surface area contributed by atoms with E-state index in [0.29, 0.717) is 33.8 Å². The second-order valence-corrected chi connectivity index (χ2v) is 8.00. The van der Waals surface area contributed by atoms with Crippen LogP contribution < -0.4 is 14.4 Å². The minimum Gasteiger partial charge on any atom is -0.495 e. The fourth-order valence-corrected chi connectivity index (χ4v) is 4.27. The summed E-state index contributed by atoms with van der Waals surface area (Å²) < 4.78 is 12.7. The maximum absolute atomic E-state index is 6.71. The standard InChI is InChI=1S/C23H23Cl2N5O2/c1-5-8-30(23-21(24)19(31-3)10-20(32-4)22(23)25)15-6-7-16-17(9-15)28-18(12-26-16)14-11-27-29(2)13-14/h6-7,9-13H,5,8H2,1-4H3. The number of aryl methyl sites for hydroxylation is 1. The molecule has 0 atom stereocenters. The number of nitrogens with zero attached hydrogens (tertiary/aromatic N) is 5. The van der Waals surface area contributed by atoms with E-state index >= 15 is 0 Å². The Morgan fingerprint density at radius 1 is 1.00 bits per heavy atom. The molecule has 0 aliphatic rings. The highest BCUT2D eigenvalue weighted by Gasteiger charge is 2.23. The molecule has 0 unspecified atom stereocenters. The van der Waals surface area contributed by atoms with E-state index in [1.165, 1.54) is 0 Å². The molecular weight excluding hydrogens is 449 g/mol. The third kappa shape index (κ3) is 4.06. The zero-order valence-electron chi connectivity index (χ0n) is 18.3. The first-order valence-corrected chi connectivity index (χ1v) is 10.9. The molecule has 7 nitrogen and oxygen atoms in total. The number of hydrogen-bond acceptors (Lipinski definition) is 6. The predicted molar refractivity (Wildman–Crippen MR) is 129 cm³/mol. The summed E-state index contributed by atoms with van der Waals surface area (Å²) in [6.45, 7) is 2.77. The SMILES string of the molecule is CCCN(c1ccc2ncc(-c3cnn(C)c3)nc2c1)c1c(Cl)c(OC)cc(OC)c1Cl. The van der Waals surface area contributed by atoms with Crippen molar-refractivity contribution < 1.29 is 9.47 Å². The van der Waals surface area contributed by atoms with Gasteiger partial charge in [0, 0.05) is 37.1 Å². The quantitative estimate of drug-likeness (QED) is 0.334.